The van der Waals surface area contributed by atoms with Crippen molar-refractivity contribution >= 4 is 16.5 Å². The van der Waals surface area contributed by atoms with Crippen molar-refractivity contribution in [3.63, 3.8) is 0 Å². The van der Waals surface area contributed by atoms with E-state index in [1.807, 2.05) is 0 Å². The lowest BCUT2D eigenvalue weighted by atomic mass is 10.0. The van der Waals surface area contributed by atoms with Crippen LogP contribution in [0.3, 0.4) is 0 Å². The first-order chi connectivity index (χ1) is 9.30. The van der Waals surface area contributed by atoms with Crippen LogP contribution in [0.5, 0.6) is 0 Å². The van der Waals surface area contributed by atoms with Crippen molar-refractivity contribution in [2.45, 2.75) is 20.3 Å². The van der Waals surface area contributed by atoms with E-state index in [1.54, 1.807) is 0 Å². The van der Waals surface area contributed by atoms with Gasteiger partial charge in [-0.25, -0.2) is 0 Å². The molecule has 0 saturated carbocycles. The second-order valence-electron chi connectivity index (χ2n) is 5.05. The van der Waals surface area contributed by atoms with Crippen LogP contribution in [-0.2, 0) is 0 Å². The van der Waals surface area contributed by atoms with Crippen LogP contribution in [-0.4, -0.2) is 19.6 Å². The van der Waals surface area contributed by atoms with Crippen LogP contribution in [0.4, 0.5) is 5.69 Å². The molecule has 0 heterocycles. The summed E-state index contributed by atoms with van der Waals surface area (Å²) >= 11 is 0. The Balaban J connectivity index is 2.35. The molecular weight excluding hydrogens is 232 g/mol. The molecule has 0 spiro atoms. The summed E-state index contributed by atoms with van der Waals surface area (Å²) in [6.45, 7) is 7.25. The van der Waals surface area contributed by atoms with Gasteiger partial charge in [-0.2, -0.15) is 0 Å². The zero-order valence-corrected chi connectivity index (χ0v) is 12.0. The molecule has 2 nitrogen and oxygen atoms in total. The largest absolute Gasteiger partial charge is 0.371 e. The van der Waals surface area contributed by atoms with Gasteiger partial charge < -0.3 is 10.6 Å². The van der Waals surface area contributed by atoms with Crippen molar-refractivity contribution in [3.05, 3.63) is 42.5 Å². The van der Waals surface area contributed by atoms with Crippen LogP contribution >= 0.6 is 0 Å². The maximum atomic E-state index is 5.85. The average Bonchev–Trinajstić information content (AvgIpc) is 2.48. The Bertz CT molecular complexity index is 512. The smallest absolute Gasteiger partial charge is 0.0445 e. The number of fused-ring (bicyclic) bond motifs is 1. The first-order valence-electron chi connectivity index (χ1n) is 7.22. The van der Waals surface area contributed by atoms with E-state index < -0.39 is 0 Å². The summed E-state index contributed by atoms with van der Waals surface area (Å²) in [7, 11) is 0. The van der Waals surface area contributed by atoms with Gasteiger partial charge >= 0.3 is 0 Å². The lowest BCUT2D eigenvalue weighted by molar-refractivity contribution is 0.512. The highest BCUT2D eigenvalue weighted by molar-refractivity contribution is 5.94. The van der Waals surface area contributed by atoms with Gasteiger partial charge in [0.2, 0.25) is 0 Å². The van der Waals surface area contributed by atoms with Crippen LogP contribution < -0.4 is 10.6 Å². The molecule has 0 saturated heterocycles. The quantitative estimate of drug-likeness (QED) is 0.854. The monoisotopic (exact) mass is 256 g/mol. The summed E-state index contributed by atoms with van der Waals surface area (Å²) in [6, 6.07) is 15.1. The van der Waals surface area contributed by atoms with Crippen LogP contribution in [0.25, 0.3) is 10.8 Å². The first-order valence-corrected chi connectivity index (χ1v) is 7.22. The normalized spacial score (nSPS) is 12.6. The molecule has 0 aromatic heterocycles. The fraction of sp³-hybridized carbons (Fsp3) is 0.412. The van der Waals surface area contributed by atoms with E-state index in [0.29, 0.717) is 5.92 Å². The van der Waals surface area contributed by atoms with E-state index in [1.165, 1.54) is 16.5 Å². The number of nitrogens with two attached hydrogens (primary N) is 1. The highest BCUT2D eigenvalue weighted by atomic mass is 15.1. The minimum Gasteiger partial charge on any atom is -0.371 e. The third-order valence-corrected chi connectivity index (χ3v) is 3.88. The van der Waals surface area contributed by atoms with Gasteiger partial charge in [-0.3, -0.25) is 0 Å². The number of hydrogen-bond donors (Lipinski definition) is 1. The molecule has 2 heteroatoms. The molecule has 2 aromatic carbocycles. The van der Waals surface area contributed by atoms with E-state index in [9.17, 15) is 0 Å². The molecule has 0 fully saturated rings. The van der Waals surface area contributed by atoms with Crippen molar-refractivity contribution in [3.8, 4) is 0 Å². The molecule has 1 unspecified atom stereocenters. The van der Waals surface area contributed by atoms with Gasteiger partial charge in [0.25, 0.3) is 0 Å². The Morgan fingerprint density at radius 1 is 1.05 bits per heavy atom. The summed E-state index contributed by atoms with van der Waals surface area (Å²) in [4.78, 5) is 2.45. The minimum atomic E-state index is 0.568. The molecule has 19 heavy (non-hydrogen) atoms. The Kier molecular flexibility index (Phi) is 4.80. The summed E-state index contributed by atoms with van der Waals surface area (Å²) < 4.78 is 0. The average molecular weight is 256 g/mol. The number of anilines is 1. The van der Waals surface area contributed by atoms with E-state index in [-0.39, 0.29) is 0 Å². The van der Waals surface area contributed by atoms with Crippen LogP contribution in [0, 0.1) is 5.92 Å². The standard InChI is InChI=1S/C17H24N2/c1-3-14(12-18)13-19(4-2)17-11-7-9-15-8-5-6-10-16(15)17/h5-11,14H,3-4,12-13,18H2,1-2H3. The van der Waals surface area contributed by atoms with Gasteiger partial charge in [-0.1, -0.05) is 49.7 Å². The highest BCUT2D eigenvalue weighted by Crippen LogP contribution is 2.27. The van der Waals surface area contributed by atoms with Crippen molar-refractivity contribution in [2.75, 3.05) is 24.5 Å². The van der Waals surface area contributed by atoms with Gasteiger partial charge in [0, 0.05) is 24.2 Å². The highest BCUT2D eigenvalue weighted by Gasteiger charge is 2.12. The van der Waals surface area contributed by atoms with Gasteiger partial charge in [0.05, 0.1) is 0 Å². The molecular formula is C17H24N2. The second kappa shape index (κ2) is 6.58. The molecule has 2 aromatic rings. The summed E-state index contributed by atoms with van der Waals surface area (Å²) in [6.07, 6.45) is 1.14. The van der Waals surface area contributed by atoms with Crippen molar-refractivity contribution < 1.29 is 0 Å². The van der Waals surface area contributed by atoms with E-state index in [4.69, 9.17) is 5.73 Å². The van der Waals surface area contributed by atoms with Gasteiger partial charge in [0.1, 0.15) is 0 Å². The lowest BCUT2D eigenvalue weighted by Gasteiger charge is -2.28. The van der Waals surface area contributed by atoms with E-state index in [0.717, 1.165) is 26.1 Å². The first kappa shape index (κ1) is 13.9. The van der Waals surface area contributed by atoms with Gasteiger partial charge in [0.15, 0.2) is 0 Å². The summed E-state index contributed by atoms with van der Waals surface area (Å²) in [5.74, 6) is 0.568. The molecule has 2 N–H and O–H groups in total. The van der Waals surface area contributed by atoms with Crippen LogP contribution in [0.15, 0.2) is 42.5 Å². The molecule has 0 amide bonds. The summed E-state index contributed by atoms with van der Waals surface area (Å²) in [5, 5.41) is 2.64. The van der Waals surface area contributed by atoms with Crippen molar-refractivity contribution in [1.29, 1.82) is 0 Å². The Labute approximate surface area is 116 Å². The molecule has 0 aliphatic carbocycles. The zero-order chi connectivity index (χ0) is 13.7. The fourth-order valence-corrected chi connectivity index (χ4v) is 2.56. The zero-order valence-electron chi connectivity index (χ0n) is 12.0. The van der Waals surface area contributed by atoms with Crippen LogP contribution in [0.2, 0.25) is 0 Å². The third kappa shape index (κ3) is 3.07. The SMILES string of the molecule is CCC(CN)CN(CC)c1cccc2ccccc12. The number of benzene rings is 2. The predicted octanol–water partition coefficient (Wildman–Crippen LogP) is 3.65. The predicted molar refractivity (Wildman–Crippen MR) is 84.7 cm³/mol. The molecule has 0 aliphatic rings. The maximum absolute atomic E-state index is 5.85. The Morgan fingerprint density at radius 3 is 2.47 bits per heavy atom. The van der Waals surface area contributed by atoms with E-state index in [2.05, 4.69) is 61.2 Å². The number of rotatable bonds is 6. The van der Waals surface area contributed by atoms with Crippen molar-refractivity contribution in [2.24, 2.45) is 11.7 Å². The second-order valence-corrected chi connectivity index (χ2v) is 5.05. The molecule has 0 aliphatic heterocycles. The molecule has 0 radical (unpaired) electrons. The Morgan fingerprint density at radius 2 is 1.79 bits per heavy atom. The number of hydrogen-bond acceptors (Lipinski definition) is 2. The molecule has 1 atom stereocenters. The Hall–Kier alpha value is -1.54. The lowest BCUT2D eigenvalue weighted by Crippen LogP contribution is -2.32. The number of nitrogens with zero attached hydrogens (tertiary/aromatic N) is 1. The maximum Gasteiger partial charge on any atom is 0.0445 e. The van der Waals surface area contributed by atoms with Gasteiger partial charge in [-0.05, 0) is 30.8 Å². The molecule has 2 rings (SSSR count). The topological polar surface area (TPSA) is 29.3 Å². The van der Waals surface area contributed by atoms with Gasteiger partial charge in [-0.15, -0.1) is 0 Å². The molecule has 0 bridgehead atoms. The molecule has 102 valence electrons. The van der Waals surface area contributed by atoms with Crippen LogP contribution in [0.1, 0.15) is 20.3 Å². The van der Waals surface area contributed by atoms with E-state index >= 15 is 0 Å². The minimum absolute atomic E-state index is 0.568. The third-order valence-electron chi connectivity index (χ3n) is 3.88. The fourth-order valence-electron chi connectivity index (χ4n) is 2.56. The van der Waals surface area contributed by atoms with Crippen molar-refractivity contribution in [1.82, 2.24) is 0 Å². The summed E-state index contributed by atoms with van der Waals surface area (Å²) in [5.41, 5.74) is 7.18.